The van der Waals surface area contributed by atoms with Gasteiger partial charge in [0.1, 0.15) is 22.1 Å². The first kappa shape index (κ1) is 39.4. The maximum absolute atomic E-state index is 14.2. The van der Waals surface area contributed by atoms with Crippen LogP contribution >= 0.6 is 15.9 Å². The summed E-state index contributed by atoms with van der Waals surface area (Å²) in [5.41, 5.74) is 6.22. The lowest BCUT2D eigenvalue weighted by Crippen LogP contribution is -2.41. The van der Waals surface area contributed by atoms with E-state index < -0.39 is 0 Å². The molecule has 4 heterocycles. The Balaban J connectivity index is 0.000000165. The number of hydrogen-bond donors (Lipinski definition) is 2. The van der Waals surface area contributed by atoms with Gasteiger partial charge >= 0.3 is 0 Å². The van der Waals surface area contributed by atoms with E-state index in [0.29, 0.717) is 39.8 Å². The van der Waals surface area contributed by atoms with Gasteiger partial charge in [-0.2, -0.15) is 9.98 Å². The number of carbonyl (C=O) groups is 2. The number of aliphatic imine (C=N–C) groups is 2. The van der Waals surface area contributed by atoms with Crippen LogP contribution in [0.2, 0.25) is 0 Å². The fourth-order valence-corrected chi connectivity index (χ4v) is 8.86. The van der Waals surface area contributed by atoms with Crippen LogP contribution in [0.1, 0.15) is 83.2 Å². The lowest BCUT2D eigenvalue weighted by Gasteiger charge is -2.35. The summed E-state index contributed by atoms with van der Waals surface area (Å²) in [5.74, 6) is 0.519. The molecule has 0 saturated heterocycles. The number of halogens is 2. The molecule has 2 aromatic heterocycles. The van der Waals surface area contributed by atoms with Crippen LogP contribution in [0.25, 0.3) is 11.3 Å². The Bertz CT molecular complexity index is 2370. The quantitative estimate of drug-likeness (QED) is 0.169. The number of aromatic nitrogens is 2. The number of hydrogen-bond acceptors (Lipinski definition) is 6. The number of fused-ring (bicyclic) bond motifs is 2. The zero-order valence-electron chi connectivity index (χ0n) is 31.9. The van der Waals surface area contributed by atoms with Gasteiger partial charge in [0.2, 0.25) is 0 Å². The molecule has 0 radical (unpaired) electrons. The fraction of sp³-hybridized carbons (Fsp3) is 0.304. The molecule has 296 valence electrons. The van der Waals surface area contributed by atoms with Crippen molar-refractivity contribution in [3.8, 4) is 11.3 Å². The zero-order chi connectivity index (χ0) is 40.2. The molecular formula is C46H44BrFN6O4. The molecule has 5 aromatic rings. The Hall–Kier alpha value is -5.43. The molecule has 3 aromatic carbocycles. The van der Waals surface area contributed by atoms with Crippen molar-refractivity contribution in [1.29, 1.82) is 0 Å². The number of amidine groups is 2. The molecule has 2 fully saturated rings. The molecule has 12 heteroatoms. The Morgan fingerprint density at radius 1 is 0.621 bits per heavy atom. The third kappa shape index (κ3) is 8.69. The molecule has 2 aliphatic carbocycles. The largest absolute Gasteiger partial charge is 0.393 e. The van der Waals surface area contributed by atoms with Crippen molar-refractivity contribution in [2.45, 2.75) is 88.5 Å². The van der Waals surface area contributed by atoms with Gasteiger partial charge in [0.05, 0.1) is 17.9 Å². The number of anilines is 2. The number of aliphatic hydroxyl groups excluding tert-OH is 2. The van der Waals surface area contributed by atoms with Crippen molar-refractivity contribution in [3.63, 3.8) is 0 Å². The normalized spacial score (nSPS) is 22.6. The molecule has 4 aliphatic rings. The molecule has 2 amide bonds. The number of nitrogens with zero attached hydrogens (tertiary/aromatic N) is 6. The molecule has 0 bridgehead atoms. The highest BCUT2D eigenvalue weighted by Crippen LogP contribution is 2.37. The number of benzene rings is 3. The summed E-state index contributed by atoms with van der Waals surface area (Å²) >= 11 is 3.30. The van der Waals surface area contributed by atoms with Gasteiger partial charge in [0, 0.05) is 65.4 Å². The lowest BCUT2D eigenvalue weighted by molar-refractivity contribution is 0.0993. The van der Waals surface area contributed by atoms with E-state index >= 15 is 0 Å². The third-order valence-electron chi connectivity index (χ3n) is 11.4. The van der Waals surface area contributed by atoms with Crippen LogP contribution in [0.4, 0.5) is 15.8 Å². The van der Waals surface area contributed by atoms with Crippen LogP contribution in [-0.2, 0) is 12.8 Å². The van der Waals surface area contributed by atoms with Crippen LogP contribution in [-0.4, -0.2) is 68.0 Å². The summed E-state index contributed by atoms with van der Waals surface area (Å²) in [6, 6.07) is 29.8. The second-order valence-electron chi connectivity index (χ2n) is 15.2. The minimum Gasteiger partial charge on any atom is -0.393 e. The highest BCUT2D eigenvalue weighted by Gasteiger charge is 2.35. The molecule has 58 heavy (non-hydrogen) atoms. The monoisotopic (exact) mass is 842 g/mol. The van der Waals surface area contributed by atoms with Crippen LogP contribution in [0.5, 0.6) is 0 Å². The first-order chi connectivity index (χ1) is 28.2. The van der Waals surface area contributed by atoms with E-state index in [-0.39, 0.29) is 41.9 Å². The Morgan fingerprint density at radius 2 is 1.09 bits per heavy atom. The van der Waals surface area contributed by atoms with Gasteiger partial charge < -0.3 is 20.0 Å². The summed E-state index contributed by atoms with van der Waals surface area (Å²) in [6.45, 7) is 0. The van der Waals surface area contributed by atoms with E-state index in [1.54, 1.807) is 48.7 Å². The van der Waals surface area contributed by atoms with E-state index in [0.717, 1.165) is 80.0 Å². The minimum atomic E-state index is -0.382. The summed E-state index contributed by atoms with van der Waals surface area (Å²) < 4.78 is 14.8. The maximum Gasteiger partial charge on any atom is 0.278 e. The van der Waals surface area contributed by atoms with E-state index in [2.05, 4.69) is 69.9 Å². The molecule has 2 aliphatic heterocycles. The van der Waals surface area contributed by atoms with Gasteiger partial charge in [-0.3, -0.25) is 14.6 Å². The van der Waals surface area contributed by atoms with Gasteiger partial charge in [0.25, 0.3) is 11.8 Å². The van der Waals surface area contributed by atoms with E-state index in [4.69, 9.17) is 0 Å². The highest BCUT2D eigenvalue weighted by molar-refractivity contribution is 9.10. The van der Waals surface area contributed by atoms with Gasteiger partial charge in [0.15, 0.2) is 0 Å². The number of carbonyl (C=O) groups excluding carboxylic acids is 2. The predicted octanol–water partition coefficient (Wildman–Crippen LogP) is 8.54. The average molecular weight is 844 g/mol. The average Bonchev–Trinajstić information content (AvgIpc) is 3.79. The molecule has 0 spiro atoms. The molecule has 0 unspecified atom stereocenters. The standard InChI is InChI=1S/C26H24FN3O2.C20H20BrN3O2/c27-22-7-3-2-6-21(22)23-15-18(13-14-28-23)26(32)29-25-16-17-5-1-4-8-24(17)30(25)19-9-11-20(31)12-10-19;21-18-11-14(9-10-22-18)20(26)23-19-12-13-3-1-2-4-17(13)24(19)15-5-7-16(25)8-6-15/h1-8,13-15,19-20,31H,9-12,16H2;1-4,9-11,15-16,25H,5-8,12H2. The van der Waals surface area contributed by atoms with Gasteiger partial charge in [-0.1, -0.05) is 48.5 Å². The Labute approximate surface area is 345 Å². The van der Waals surface area contributed by atoms with Crippen molar-refractivity contribution < 1.29 is 24.2 Å². The SMILES string of the molecule is O=C(N=C1Cc2ccccc2N1C1CCC(O)CC1)c1ccnc(-c2ccccc2F)c1.O=C(N=C1Cc2ccccc2N1C1CCC(O)CC1)c1ccnc(Br)c1. The molecule has 0 atom stereocenters. The first-order valence-electron chi connectivity index (χ1n) is 19.9. The van der Waals surface area contributed by atoms with Crippen molar-refractivity contribution >= 4 is 50.8 Å². The third-order valence-corrected chi connectivity index (χ3v) is 11.8. The van der Waals surface area contributed by atoms with E-state index in [1.807, 2.05) is 24.3 Å². The van der Waals surface area contributed by atoms with Crippen molar-refractivity contribution in [1.82, 2.24) is 9.97 Å². The lowest BCUT2D eigenvalue weighted by atomic mass is 9.92. The van der Waals surface area contributed by atoms with E-state index in [1.165, 1.54) is 17.8 Å². The van der Waals surface area contributed by atoms with Gasteiger partial charge in [-0.05, 0) is 127 Å². The first-order valence-corrected chi connectivity index (χ1v) is 20.7. The molecule has 2 N–H and O–H groups in total. The number of pyridine rings is 2. The predicted molar refractivity (Wildman–Crippen MR) is 227 cm³/mol. The van der Waals surface area contributed by atoms with Gasteiger partial charge in [-0.25, -0.2) is 9.37 Å². The molecular weight excluding hydrogens is 799 g/mol. The smallest absolute Gasteiger partial charge is 0.278 e. The minimum absolute atomic E-state index is 0.208. The van der Waals surface area contributed by atoms with Crippen LogP contribution in [0.15, 0.2) is 124 Å². The molecule has 10 nitrogen and oxygen atoms in total. The highest BCUT2D eigenvalue weighted by atomic mass is 79.9. The van der Waals surface area contributed by atoms with Crippen LogP contribution in [0.3, 0.4) is 0 Å². The summed E-state index contributed by atoms with van der Waals surface area (Å²) in [7, 11) is 0. The number of amides is 2. The van der Waals surface area contributed by atoms with Crippen LogP contribution in [0, 0.1) is 5.82 Å². The summed E-state index contributed by atoms with van der Waals surface area (Å²) in [5, 5.41) is 19.8. The number of rotatable bonds is 5. The van der Waals surface area contributed by atoms with Gasteiger partial charge in [-0.15, -0.1) is 0 Å². The second kappa shape index (κ2) is 17.6. The van der Waals surface area contributed by atoms with E-state index in [9.17, 15) is 24.2 Å². The topological polar surface area (TPSA) is 132 Å². The maximum atomic E-state index is 14.2. The van der Waals surface area contributed by atoms with Crippen LogP contribution < -0.4 is 9.80 Å². The van der Waals surface area contributed by atoms with Crippen molar-refractivity contribution in [2.75, 3.05) is 9.80 Å². The Morgan fingerprint density at radius 3 is 1.60 bits per heavy atom. The summed E-state index contributed by atoms with van der Waals surface area (Å²) in [4.78, 5) is 47.5. The number of para-hydroxylation sites is 2. The fourth-order valence-electron chi connectivity index (χ4n) is 8.49. The van der Waals surface area contributed by atoms with Crippen molar-refractivity contribution in [2.24, 2.45) is 9.98 Å². The second-order valence-corrected chi connectivity index (χ2v) is 16.0. The van der Waals surface area contributed by atoms with Crippen molar-refractivity contribution in [3.05, 3.63) is 142 Å². The summed E-state index contributed by atoms with van der Waals surface area (Å²) in [6.07, 6.45) is 10.5. The zero-order valence-corrected chi connectivity index (χ0v) is 33.5. The Kier molecular flexibility index (Phi) is 12.0. The molecule has 2 saturated carbocycles. The number of aliphatic hydroxyl groups is 2. The molecule has 9 rings (SSSR count).